The van der Waals surface area contributed by atoms with Crippen LogP contribution in [-0.4, -0.2) is 20.1 Å². The number of rotatable bonds is 8. The summed E-state index contributed by atoms with van der Waals surface area (Å²) in [5.41, 5.74) is 0.995. The SMILES string of the molecule is Cc1ccc(S(=O)(=O)NC(C(C)CCc2ccccc2)C23CC(F)(C2)C3)cc1. The molecule has 2 aromatic carbocycles. The lowest BCUT2D eigenvalue weighted by atomic mass is 9.39. The van der Waals surface area contributed by atoms with Crippen molar-refractivity contribution in [2.75, 3.05) is 0 Å². The van der Waals surface area contributed by atoms with Gasteiger partial charge in [0.15, 0.2) is 0 Å². The minimum Gasteiger partial charge on any atom is -0.244 e. The van der Waals surface area contributed by atoms with E-state index < -0.39 is 15.7 Å². The molecule has 3 nitrogen and oxygen atoms in total. The first-order chi connectivity index (χ1) is 13.2. The van der Waals surface area contributed by atoms with Crippen molar-refractivity contribution in [2.24, 2.45) is 11.3 Å². The van der Waals surface area contributed by atoms with E-state index in [4.69, 9.17) is 0 Å². The van der Waals surface area contributed by atoms with Gasteiger partial charge in [-0.15, -0.1) is 0 Å². The summed E-state index contributed by atoms with van der Waals surface area (Å²) in [5, 5.41) is 0. The Morgan fingerprint density at radius 2 is 1.64 bits per heavy atom. The molecular formula is C23H28FNO2S. The van der Waals surface area contributed by atoms with E-state index in [0.717, 1.165) is 18.4 Å². The van der Waals surface area contributed by atoms with Gasteiger partial charge in [0.2, 0.25) is 10.0 Å². The lowest BCUT2D eigenvalue weighted by Gasteiger charge is -2.69. The van der Waals surface area contributed by atoms with Crippen molar-refractivity contribution in [1.29, 1.82) is 0 Å². The van der Waals surface area contributed by atoms with E-state index in [0.29, 0.717) is 19.3 Å². The van der Waals surface area contributed by atoms with Crippen molar-refractivity contribution in [3.8, 4) is 0 Å². The normalized spacial score (nSPS) is 28.1. The van der Waals surface area contributed by atoms with Crippen molar-refractivity contribution >= 4 is 10.0 Å². The van der Waals surface area contributed by atoms with E-state index in [1.165, 1.54) is 5.56 Å². The number of alkyl halides is 1. The first kappa shape index (κ1) is 19.6. The molecule has 0 heterocycles. The number of halogens is 1. The highest BCUT2D eigenvalue weighted by atomic mass is 32.2. The smallest absolute Gasteiger partial charge is 0.240 e. The van der Waals surface area contributed by atoms with Crippen LogP contribution in [0.1, 0.15) is 43.7 Å². The third-order valence-corrected chi connectivity index (χ3v) is 8.04. The van der Waals surface area contributed by atoms with E-state index in [1.54, 1.807) is 24.3 Å². The maximum Gasteiger partial charge on any atom is 0.240 e. The first-order valence-electron chi connectivity index (χ1n) is 10.0. The second kappa shape index (κ2) is 6.96. The molecule has 3 aliphatic rings. The minimum absolute atomic E-state index is 0.130. The van der Waals surface area contributed by atoms with E-state index >= 15 is 0 Å². The van der Waals surface area contributed by atoms with Crippen molar-refractivity contribution in [3.05, 3.63) is 65.7 Å². The molecule has 3 aliphatic carbocycles. The molecule has 0 aliphatic heterocycles. The Labute approximate surface area is 167 Å². The number of nitrogens with one attached hydrogen (secondary N) is 1. The molecule has 0 spiro atoms. The molecule has 2 aromatic rings. The summed E-state index contributed by atoms with van der Waals surface area (Å²) in [6, 6.07) is 16.9. The van der Waals surface area contributed by atoms with Gasteiger partial charge in [0, 0.05) is 6.04 Å². The molecule has 0 aromatic heterocycles. The summed E-state index contributed by atoms with van der Waals surface area (Å²) in [6.45, 7) is 4.03. The van der Waals surface area contributed by atoms with Gasteiger partial charge in [-0.25, -0.2) is 17.5 Å². The Morgan fingerprint density at radius 3 is 2.21 bits per heavy atom. The standard InChI is InChI=1S/C23H28FNO2S/c1-17-8-12-20(13-9-17)28(26,27)25-21(22-14-23(24,15-22)16-22)18(2)10-11-19-6-4-3-5-7-19/h3-9,12-13,18,21,25H,10-11,14-16H2,1-2H3. The minimum atomic E-state index is -3.63. The molecule has 3 fully saturated rings. The Bertz CT molecular complexity index is 921. The summed E-state index contributed by atoms with van der Waals surface area (Å²) in [5.74, 6) is 0.130. The Kier molecular flexibility index (Phi) is 4.87. The third-order valence-electron chi connectivity index (χ3n) is 6.58. The van der Waals surface area contributed by atoms with Gasteiger partial charge in [-0.1, -0.05) is 55.0 Å². The lowest BCUT2D eigenvalue weighted by molar-refractivity contribution is -0.233. The summed E-state index contributed by atoms with van der Waals surface area (Å²) < 4.78 is 43.2. The topological polar surface area (TPSA) is 46.2 Å². The van der Waals surface area contributed by atoms with Crippen molar-refractivity contribution in [2.45, 2.75) is 62.6 Å². The van der Waals surface area contributed by atoms with Gasteiger partial charge in [0.05, 0.1) is 4.90 Å². The van der Waals surface area contributed by atoms with E-state index in [-0.39, 0.29) is 22.3 Å². The van der Waals surface area contributed by atoms with Gasteiger partial charge in [-0.05, 0) is 68.1 Å². The Balaban J connectivity index is 1.52. The van der Waals surface area contributed by atoms with E-state index in [1.807, 2.05) is 25.1 Å². The zero-order valence-electron chi connectivity index (χ0n) is 16.5. The highest BCUT2D eigenvalue weighted by molar-refractivity contribution is 7.89. The molecule has 3 saturated carbocycles. The summed E-state index contributed by atoms with van der Waals surface area (Å²) in [4.78, 5) is 0.278. The van der Waals surface area contributed by atoms with Crippen LogP contribution in [0.5, 0.6) is 0 Å². The average molecular weight is 402 g/mol. The molecule has 0 amide bonds. The maximum atomic E-state index is 14.2. The van der Waals surface area contributed by atoms with Gasteiger partial charge in [0.1, 0.15) is 5.67 Å². The van der Waals surface area contributed by atoms with Crippen molar-refractivity contribution < 1.29 is 12.8 Å². The third kappa shape index (κ3) is 3.62. The number of hydrogen-bond donors (Lipinski definition) is 1. The van der Waals surface area contributed by atoms with Crippen molar-refractivity contribution in [3.63, 3.8) is 0 Å². The van der Waals surface area contributed by atoms with Crippen LogP contribution in [0, 0.1) is 18.3 Å². The average Bonchev–Trinajstić information content (AvgIpc) is 2.62. The molecule has 2 unspecified atom stereocenters. The van der Waals surface area contributed by atoms with E-state index in [2.05, 4.69) is 23.8 Å². The number of sulfonamides is 1. The van der Waals surface area contributed by atoms with E-state index in [9.17, 15) is 12.8 Å². The number of benzene rings is 2. The van der Waals surface area contributed by atoms with Crippen LogP contribution in [0.25, 0.3) is 0 Å². The zero-order chi connectivity index (χ0) is 20.0. The molecule has 2 atom stereocenters. The molecular weight excluding hydrogens is 373 g/mol. The van der Waals surface area contributed by atoms with Crippen LogP contribution in [0.15, 0.2) is 59.5 Å². The maximum absolute atomic E-state index is 14.2. The zero-order valence-corrected chi connectivity index (χ0v) is 17.3. The second-order valence-electron chi connectivity index (χ2n) is 8.96. The van der Waals surface area contributed by atoms with Crippen LogP contribution in [0.4, 0.5) is 4.39 Å². The highest BCUT2D eigenvalue weighted by Gasteiger charge is 2.72. The largest absolute Gasteiger partial charge is 0.244 e. The van der Waals surface area contributed by atoms with Gasteiger partial charge in [-0.3, -0.25) is 0 Å². The monoisotopic (exact) mass is 401 g/mol. The van der Waals surface area contributed by atoms with Crippen LogP contribution in [0.3, 0.4) is 0 Å². The molecule has 150 valence electrons. The fourth-order valence-corrected chi connectivity index (χ4v) is 6.52. The predicted molar refractivity (Wildman–Crippen MR) is 109 cm³/mol. The van der Waals surface area contributed by atoms with Crippen LogP contribution < -0.4 is 4.72 Å². The van der Waals surface area contributed by atoms with Gasteiger partial charge in [-0.2, -0.15) is 0 Å². The summed E-state index contributed by atoms with van der Waals surface area (Å²) >= 11 is 0. The van der Waals surface area contributed by atoms with Crippen LogP contribution in [0.2, 0.25) is 0 Å². The van der Waals surface area contributed by atoms with Gasteiger partial charge < -0.3 is 0 Å². The van der Waals surface area contributed by atoms with Crippen molar-refractivity contribution in [1.82, 2.24) is 4.72 Å². The molecule has 5 rings (SSSR count). The molecule has 28 heavy (non-hydrogen) atoms. The molecule has 0 saturated heterocycles. The Hall–Kier alpha value is -1.72. The van der Waals surface area contributed by atoms with Crippen LogP contribution in [-0.2, 0) is 16.4 Å². The number of aryl methyl sites for hydroxylation is 2. The fraction of sp³-hybridized carbons (Fsp3) is 0.478. The first-order valence-corrected chi connectivity index (χ1v) is 11.5. The molecule has 2 bridgehead atoms. The Morgan fingerprint density at radius 1 is 1.04 bits per heavy atom. The lowest BCUT2D eigenvalue weighted by Crippen LogP contribution is -2.73. The quantitative estimate of drug-likeness (QED) is 0.690. The second-order valence-corrected chi connectivity index (χ2v) is 10.7. The summed E-state index contributed by atoms with van der Waals surface area (Å²) in [6.07, 6.45) is 3.21. The van der Waals surface area contributed by atoms with Gasteiger partial charge in [0.25, 0.3) is 0 Å². The molecule has 0 radical (unpaired) electrons. The molecule has 5 heteroatoms. The number of hydrogen-bond acceptors (Lipinski definition) is 2. The predicted octanol–water partition coefficient (Wildman–Crippen LogP) is 4.80. The highest BCUT2D eigenvalue weighted by Crippen LogP contribution is 2.71. The van der Waals surface area contributed by atoms with Gasteiger partial charge >= 0.3 is 0 Å². The summed E-state index contributed by atoms with van der Waals surface area (Å²) in [7, 11) is -3.63. The molecule has 1 N–H and O–H groups in total. The van der Waals surface area contributed by atoms with Crippen LogP contribution >= 0.6 is 0 Å². The fourth-order valence-electron chi connectivity index (χ4n) is 5.07.